The van der Waals surface area contributed by atoms with Gasteiger partial charge in [0, 0.05) is 6.04 Å². The largest absolute Gasteiger partial charge is 0.314 e. The first-order valence-electron chi connectivity index (χ1n) is 7.87. The van der Waals surface area contributed by atoms with Crippen molar-refractivity contribution in [2.24, 2.45) is 5.92 Å². The molecule has 1 aliphatic carbocycles. The summed E-state index contributed by atoms with van der Waals surface area (Å²) in [7, 11) is 0. The predicted octanol–water partition coefficient (Wildman–Crippen LogP) is 4.97. The van der Waals surface area contributed by atoms with Crippen LogP contribution in [0, 0.1) is 11.7 Å². The third-order valence-electron chi connectivity index (χ3n) is 4.26. The van der Waals surface area contributed by atoms with Crippen LogP contribution in [-0.2, 0) is 6.42 Å². The Morgan fingerprint density at radius 2 is 2.10 bits per heavy atom. The molecule has 2 rings (SSSR count). The molecule has 3 heteroatoms. The lowest BCUT2D eigenvalue weighted by Crippen LogP contribution is -2.31. The molecule has 0 spiro atoms. The van der Waals surface area contributed by atoms with E-state index in [2.05, 4.69) is 12.2 Å². The summed E-state index contributed by atoms with van der Waals surface area (Å²) in [5.74, 6) is 0.324. The normalized spacial score (nSPS) is 23.6. The molecule has 2 unspecified atom stereocenters. The van der Waals surface area contributed by atoms with Gasteiger partial charge in [-0.1, -0.05) is 49.9 Å². The summed E-state index contributed by atoms with van der Waals surface area (Å²) in [6.07, 6.45) is 8.35. The van der Waals surface area contributed by atoms with Gasteiger partial charge in [-0.3, -0.25) is 0 Å². The van der Waals surface area contributed by atoms with Gasteiger partial charge in [0.15, 0.2) is 0 Å². The van der Waals surface area contributed by atoms with Crippen LogP contribution in [-0.4, -0.2) is 12.6 Å². The Hall–Kier alpha value is -0.600. The first-order chi connectivity index (χ1) is 9.70. The number of benzene rings is 1. The SMILES string of the molecule is CCCNC1CCCCC(Cc2cccc(F)c2Cl)C1. The zero-order valence-corrected chi connectivity index (χ0v) is 13.1. The fourth-order valence-corrected chi connectivity index (χ4v) is 3.40. The second-order valence-corrected chi connectivity index (χ2v) is 6.33. The fraction of sp³-hybridized carbons (Fsp3) is 0.647. The van der Waals surface area contributed by atoms with Crippen LogP contribution in [0.5, 0.6) is 0 Å². The van der Waals surface area contributed by atoms with E-state index in [4.69, 9.17) is 11.6 Å². The molecule has 1 fully saturated rings. The van der Waals surface area contributed by atoms with E-state index in [1.54, 1.807) is 6.07 Å². The third kappa shape index (κ3) is 4.46. The van der Waals surface area contributed by atoms with Gasteiger partial charge >= 0.3 is 0 Å². The van der Waals surface area contributed by atoms with Crippen LogP contribution in [0.25, 0.3) is 0 Å². The number of hydrogen-bond acceptors (Lipinski definition) is 1. The molecular weight excluding hydrogens is 273 g/mol. The summed E-state index contributed by atoms with van der Waals surface area (Å²) >= 11 is 6.08. The van der Waals surface area contributed by atoms with Crippen molar-refractivity contribution in [1.82, 2.24) is 5.32 Å². The summed E-state index contributed by atoms with van der Waals surface area (Å²) in [6, 6.07) is 5.78. The highest BCUT2D eigenvalue weighted by Crippen LogP contribution is 2.29. The average molecular weight is 298 g/mol. The molecule has 20 heavy (non-hydrogen) atoms. The summed E-state index contributed by atoms with van der Waals surface area (Å²) < 4.78 is 13.5. The van der Waals surface area contributed by atoms with Crippen LogP contribution in [0.15, 0.2) is 18.2 Å². The minimum Gasteiger partial charge on any atom is -0.314 e. The van der Waals surface area contributed by atoms with Gasteiger partial charge in [0.2, 0.25) is 0 Å². The van der Waals surface area contributed by atoms with Gasteiger partial charge in [0.25, 0.3) is 0 Å². The Labute approximate surface area is 126 Å². The molecule has 0 heterocycles. The molecule has 1 aromatic carbocycles. The molecule has 1 saturated carbocycles. The van der Waals surface area contributed by atoms with Crippen molar-refractivity contribution < 1.29 is 4.39 Å². The van der Waals surface area contributed by atoms with Gasteiger partial charge in [0.1, 0.15) is 5.82 Å². The summed E-state index contributed by atoms with van der Waals surface area (Å²) in [6.45, 7) is 3.30. The van der Waals surface area contributed by atoms with Crippen molar-refractivity contribution in [3.05, 3.63) is 34.6 Å². The lowest BCUT2D eigenvalue weighted by atomic mass is 9.91. The zero-order valence-electron chi connectivity index (χ0n) is 12.3. The Balaban J connectivity index is 1.98. The Morgan fingerprint density at radius 1 is 1.30 bits per heavy atom. The highest BCUT2D eigenvalue weighted by atomic mass is 35.5. The monoisotopic (exact) mass is 297 g/mol. The number of halogens is 2. The van der Waals surface area contributed by atoms with E-state index in [1.165, 1.54) is 44.6 Å². The molecule has 1 nitrogen and oxygen atoms in total. The Bertz CT molecular complexity index is 421. The van der Waals surface area contributed by atoms with Crippen molar-refractivity contribution in [1.29, 1.82) is 0 Å². The fourth-order valence-electron chi connectivity index (χ4n) is 3.20. The third-order valence-corrected chi connectivity index (χ3v) is 4.68. The van der Waals surface area contributed by atoms with Crippen molar-refractivity contribution in [3.8, 4) is 0 Å². The van der Waals surface area contributed by atoms with Crippen molar-refractivity contribution >= 4 is 11.6 Å². The van der Waals surface area contributed by atoms with Crippen LogP contribution in [0.3, 0.4) is 0 Å². The first kappa shape index (κ1) is 15.8. The smallest absolute Gasteiger partial charge is 0.142 e. The number of nitrogens with one attached hydrogen (secondary N) is 1. The van der Waals surface area contributed by atoms with Crippen LogP contribution in [0.2, 0.25) is 5.02 Å². The Kier molecular flexibility index (Phi) is 6.31. The average Bonchev–Trinajstić information content (AvgIpc) is 2.67. The molecule has 1 aliphatic rings. The van der Waals surface area contributed by atoms with Crippen molar-refractivity contribution in [2.75, 3.05) is 6.54 Å². The maximum absolute atomic E-state index is 13.5. The Morgan fingerprint density at radius 3 is 2.90 bits per heavy atom. The standard InChI is InChI=1S/C17H25ClFN/c1-2-10-20-15-8-4-3-6-13(12-15)11-14-7-5-9-16(19)17(14)18/h5,7,9,13,15,20H,2-4,6,8,10-12H2,1H3. The number of rotatable bonds is 5. The van der Waals surface area contributed by atoms with Crippen molar-refractivity contribution in [3.63, 3.8) is 0 Å². The minimum atomic E-state index is -0.293. The molecule has 2 atom stereocenters. The molecule has 0 aromatic heterocycles. The zero-order chi connectivity index (χ0) is 14.4. The molecule has 1 N–H and O–H groups in total. The second-order valence-electron chi connectivity index (χ2n) is 5.95. The molecule has 0 saturated heterocycles. The van der Waals surface area contributed by atoms with E-state index in [9.17, 15) is 4.39 Å². The van der Waals surface area contributed by atoms with E-state index in [0.717, 1.165) is 18.5 Å². The van der Waals surface area contributed by atoms with E-state index < -0.39 is 0 Å². The molecule has 0 aliphatic heterocycles. The minimum absolute atomic E-state index is 0.293. The van der Waals surface area contributed by atoms with Gasteiger partial charge in [0.05, 0.1) is 5.02 Å². The number of hydrogen-bond donors (Lipinski definition) is 1. The highest BCUT2D eigenvalue weighted by Gasteiger charge is 2.21. The van der Waals surface area contributed by atoms with E-state index in [0.29, 0.717) is 17.0 Å². The van der Waals surface area contributed by atoms with E-state index in [1.807, 2.05) is 6.07 Å². The van der Waals surface area contributed by atoms with Gasteiger partial charge in [-0.25, -0.2) is 4.39 Å². The van der Waals surface area contributed by atoms with Gasteiger partial charge in [-0.15, -0.1) is 0 Å². The molecule has 0 amide bonds. The molecule has 112 valence electrons. The van der Waals surface area contributed by atoms with Crippen LogP contribution in [0.1, 0.15) is 51.0 Å². The van der Waals surface area contributed by atoms with E-state index in [-0.39, 0.29) is 5.82 Å². The van der Waals surface area contributed by atoms with Gasteiger partial charge in [-0.2, -0.15) is 0 Å². The van der Waals surface area contributed by atoms with Gasteiger partial charge < -0.3 is 5.32 Å². The predicted molar refractivity (Wildman–Crippen MR) is 83.8 cm³/mol. The topological polar surface area (TPSA) is 12.0 Å². The maximum Gasteiger partial charge on any atom is 0.142 e. The molecule has 0 radical (unpaired) electrons. The lowest BCUT2D eigenvalue weighted by molar-refractivity contribution is 0.384. The quantitative estimate of drug-likeness (QED) is 0.757. The summed E-state index contributed by atoms with van der Waals surface area (Å²) in [5, 5.41) is 3.96. The van der Waals surface area contributed by atoms with E-state index >= 15 is 0 Å². The van der Waals surface area contributed by atoms with Crippen LogP contribution in [0.4, 0.5) is 4.39 Å². The van der Waals surface area contributed by atoms with Crippen molar-refractivity contribution in [2.45, 2.75) is 57.9 Å². The summed E-state index contributed by atoms with van der Waals surface area (Å²) in [4.78, 5) is 0. The first-order valence-corrected chi connectivity index (χ1v) is 8.24. The molecule has 1 aromatic rings. The highest BCUT2D eigenvalue weighted by molar-refractivity contribution is 6.31. The molecule has 0 bridgehead atoms. The summed E-state index contributed by atoms with van der Waals surface area (Å²) in [5.41, 5.74) is 0.966. The maximum atomic E-state index is 13.5. The second kappa shape index (κ2) is 7.99. The lowest BCUT2D eigenvalue weighted by Gasteiger charge is -2.21. The van der Waals surface area contributed by atoms with Gasteiger partial charge in [-0.05, 0) is 49.8 Å². The van der Waals surface area contributed by atoms with Crippen LogP contribution >= 0.6 is 11.6 Å². The molecular formula is C17H25ClFN. The van der Waals surface area contributed by atoms with Crippen LogP contribution < -0.4 is 5.32 Å².